The second-order valence-electron chi connectivity index (χ2n) is 6.61. The van der Waals surface area contributed by atoms with E-state index < -0.39 is 0 Å². The second-order valence-corrected chi connectivity index (χ2v) is 6.61. The number of aliphatic hydroxyl groups excluding tert-OH is 1. The van der Waals surface area contributed by atoms with Crippen molar-refractivity contribution < 1.29 is 9.90 Å². The van der Waals surface area contributed by atoms with E-state index >= 15 is 0 Å². The van der Waals surface area contributed by atoms with Crippen LogP contribution in [0.2, 0.25) is 0 Å². The number of β-amino-alcohol motifs (C(OH)–C–C–N with tert-alkyl or cyclic N) is 1. The molecule has 120 valence electrons. The minimum atomic E-state index is -0.241. The smallest absolute Gasteiger partial charge is 0.229 e. The van der Waals surface area contributed by atoms with Crippen LogP contribution in [0.25, 0.3) is 0 Å². The number of piperidine rings is 1. The number of nitrogens with zero attached hydrogens (tertiary/aromatic N) is 2. The molecular weight excluding hydrogens is 276 g/mol. The monoisotopic (exact) mass is 302 g/mol. The zero-order valence-corrected chi connectivity index (χ0v) is 13.4. The maximum atomic E-state index is 13.1. The average Bonchev–Trinajstić information content (AvgIpc) is 2.66. The predicted molar refractivity (Wildman–Crippen MR) is 86.4 cm³/mol. The summed E-state index contributed by atoms with van der Waals surface area (Å²) in [4.78, 5) is 17.4. The first kappa shape index (κ1) is 15.5. The van der Waals surface area contributed by atoms with Gasteiger partial charge in [-0.05, 0) is 50.4 Å². The summed E-state index contributed by atoms with van der Waals surface area (Å²) in [6, 6.07) is 8.49. The van der Waals surface area contributed by atoms with E-state index in [1.54, 1.807) is 0 Å². The van der Waals surface area contributed by atoms with E-state index in [0.717, 1.165) is 52.0 Å². The van der Waals surface area contributed by atoms with E-state index in [-0.39, 0.29) is 12.0 Å². The molecule has 0 atom stereocenters. The largest absolute Gasteiger partial charge is 0.395 e. The maximum Gasteiger partial charge on any atom is 0.229 e. The fourth-order valence-electron chi connectivity index (χ4n) is 3.93. The van der Waals surface area contributed by atoms with Crippen molar-refractivity contribution in [2.45, 2.75) is 32.7 Å². The van der Waals surface area contributed by atoms with Crippen LogP contribution in [0.4, 0.5) is 0 Å². The summed E-state index contributed by atoms with van der Waals surface area (Å²) >= 11 is 0. The van der Waals surface area contributed by atoms with E-state index in [9.17, 15) is 4.79 Å². The lowest BCUT2D eigenvalue weighted by Crippen LogP contribution is -2.50. The zero-order valence-electron chi connectivity index (χ0n) is 13.4. The van der Waals surface area contributed by atoms with Crippen molar-refractivity contribution >= 4 is 5.91 Å². The molecule has 2 aliphatic heterocycles. The summed E-state index contributed by atoms with van der Waals surface area (Å²) in [5.41, 5.74) is 2.39. The molecule has 0 radical (unpaired) electrons. The molecule has 0 bridgehead atoms. The minimum Gasteiger partial charge on any atom is -0.395 e. The van der Waals surface area contributed by atoms with Crippen molar-refractivity contribution in [3.63, 3.8) is 0 Å². The van der Waals surface area contributed by atoms with Gasteiger partial charge in [-0.1, -0.05) is 24.3 Å². The molecule has 1 N–H and O–H groups in total. The fourth-order valence-corrected chi connectivity index (χ4v) is 3.93. The van der Waals surface area contributed by atoms with E-state index in [4.69, 9.17) is 5.11 Å². The topological polar surface area (TPSA) is 43.8 Å². The van der Waals surface area contributed by atoms with Crippen LogP contribution in [0.5, 0.6) is 0 Å². The number of benzene rings is 1. The van der Waals surface area contributed by atoms with Crippen LogP contribution in [-0.4, -0.2) is 53.6 Å². The summed E-state index contributed by atoms with van der Waals surface area (Å²) < 4.78 is 0. The van der Waals surface area contributed by atoms with Crippen LogP contribution >= 0.6 is 0 Å². The highest BCUT2D eigenvalue weighted by Gasteiger charge is 2.45. The van der Waals surface area contributed by atoms with Gasteiger partial charge in [0.2, 0.25) is 5.91 Å². The summed E-state index contributed by atoms with van der Waals surface area (Å²) in [7, 11) is 0. The van der Waals surface area contributed by atoms with Gasteiger partial charge >= 0.3 is 0 Å². The predicted octanol–water partition coefficient (Wildman–Crippen LogP) is 1.67. The number of hydrogen-bond acceptors (Lipinski definition) is 3. The molecule has 1 aromatic rings. The highest BCUT2D eigenvalue weighted by atomic mass is 16.3. The molecule has 22 heavy (non-hydrogen) atoms. The highest BCUT2D eigenvalue weighted by molar-refractivity contribution is 5.84. The van der Waals surface area contributed by atoms with Crippen LogP contribution in [0.15, 0.2) is 24.3 Å². The number of likely N-dealkylation sites (tertiary alicyclic amines) is 1. The third-order valence-corrected chi connectivity index (χ3v) is 5.36. The molecule has 1 saturated heterocycles. The number of hydrogen-bond donors (Lipinski definition) is 1. The fraction of sp³-hybridized carbons (Fsp3) is 0.611. The molecule has 1 fully saturated rings. The van der Waals surface area contributed by atoms with Gasteiger partial charge in [-0.2, -0.15) is 0 Å². The summed E-state index contributed by atoms with van der Waals surface area (Å²) in [5, 5.41) is 9.11. The highest BCUT2D eigenvalue weighted by Crippen LogP contribution is 2.40. The molecule has 4 nitrogen and oxygen atoms in total. The lowest BCUT2D eigenvalue weighted by atomic mass is 9.73. The van der Waals surface area contributed by atoms with Crippen molar-refractivity contribution in [1.29, 1.82) is 0 Å². The third-order valence-electron chi connectivity index (χ3n) is 5.36. The number of aliphatic hydroxyl groups is 1. The SMILES string of the molecule is CCN1Cc2ccccc2CC2(CCN(CCO)CC2)C1=O. The van der Waals surface area contributed by atoms with Crippen molar-refractivity contribution in [3.8, 4) is 0 Å². The van der Waals surface area contributed by atoms with Crippen LogP contribution in [0.1, 0.15) is 30.9 Å². The average molecular weight is 302 g/mol. The van der Waals surface area contributed by atoms with Crippen LogP contribution in [0, 0.1) is 5.41 Å². The molecule has 1 spiro atoms. The van der Waals surface area contributed by atoms with E-state index in [0.29, 0.717) is 5.91 Å². The van der Waals surface area contributed by atoms with Gasteiger partial charge in [-0.25, -0.2) is 0 Å². The maximum absolute atomic E-state index is 13.1. The van der Waals surface area contributed by atoms with Crippen molar-refractivity contribution in [3.05, 3.63) is 35.4 Å². The molecule has 1 aromatic carbocycles. The molecular formula is C18H26N2O2. The van der Waals surface area contributed by atoms with Gasteiger partial charge in [0, 0.05) is 19.6 Å². The Morgan fingerprint density at radius 3 is 2.50 bits per heavy atom. The quantitative estimate of drug-likeness (QED) is 0.923. The Labute approximate surface area is 132 Å². The van der Waals surface area contributed by atoms with E-state index in [1.807, 2.05) is 4.90 Å². The molecule has 3 rings (SSSR count). The zero-order chi connectivity index (χ0) is 15.6. The lowest BCUT2D eigenvalue weighted by molar-refractivity contribution is -0.145. The second kappa shape index (κ2) is 6.39. The first-order valence-corrected chi connectivity index (χ1v) is 8.38. The number of rotatable bonds is 3. The first-order valence-electron chi connectivity index (χ1n) is 8.38. The van der Waals surface area contributed by atoms with Gasteiger partial charge in [0.15, 0.2) is 0 Å². The first-order chi connectivity index (χ1) is 10.7. The van der Waals surface area contributed by atoms with Crippen molar-refractivity contribution in [1.82, 2.24) is 9.80 Å². The van der Waals surface area contributed by atoms with Crippen molar-refractivity contribution in [2.75, 3.05) is 32.8 Å². The summed E-state index contributed by atoms with van der Waals surface area (Å²) in [6.07, 6.45) is 2.67. The Hall–Kier alpha value is -1.39. The van der Waals surface area contributed by atoms with E-state index in [1.165, 1.54) is 11.1 Å². The van der Waals surface area contributed by atoms with Gasteiger partial charge in [0.1, 0.15) is 0 Å². The Morgan fingerprint density at radius 2 is 1.86 bits per heavy atom. The van der Waals surface area contributed by atoms with Gasteiger partial charge in [-0.3, -0.25) is 4.79 Å². The van der Waals surface area contributed by atoms with Gasteiger partial charge in [-0.15, -0.1) is 0 Å². The molecule has 2 heterocycles. The minimum absolute atomic E-state index is 0.199. The summed E-state index contributed by atoms with van der Waals surface area (Å²) in [5.74, 6) is 0.329. The molecule has 4 heteroatoms. The Bertz CT molecular complexity index is 536. The van der Waals surface area contributed by atoms with Crippen molar-refractivity contribution in [2.24, 2.45) is 5.41 Å². The third kappa shape index (κ3) is 2.77. The molecule has 0 aromatic heterocycles. The Kier molecular flexibility index (Phi) is 4.50. The molecule has 0 aliphatic carbocycles. The molecule has 0 unspecified atom stereocenters. The molecule has 0 saturated carbocycles. The number of carbonyl (C=O) groups excluding carboxylic acids is 1. The number of amides is 1. The summed E-state index contributed by atoms with van der Waals surface area (Å²) in [6.45, 7) is 6.32. The Morgan fingerprint density at radius 1 is 1.18 bits per heavy atom. The van der Waals surface area contributed by atoms with Gasteiger partial charge in [0.25, 0.3) is 0 Å². The van der Waals surface area contributed by atoms with Gasteiger partial charge in [0.05, 0.1) is 12.0 Å². The van der Waals surface area contributed by atoms with Crippen LogP contribution in [0.3, 0.4) is 0 Å². The van der Waals surface area contributed by atoms with Crippen LogP contribution < -0.4 is 0 Å². The normalized spacial score (nSPS) is 21.7. The molecule has 2 aliphatic rings. The van der Waals surface area contributed by atoms with E-state index in [2.05, 4.69) is 36.1 Å². The number of fused-ring (bicyclic) bond motifs is 1. The standard InChI is InChI=1S/C18H26N2O2/c1-2-20-14-16-6-4-3-5-15(16)13-18(17(20)22)7-9-19(10-8-18)11-12-21/h3-6,21H,2,7-14H2,1H3. The lowest BCUT2D eigenvalue weighted by Gasteiger charge is -2.41. The number of carbonyl (C=O) groups is 1. The van der Waals surface area contributed by atoms with Crippen LogP contribution in [-0.2, 0) is 17.8 Å². The Balaban J connectivity index is 1.88. The molecule has 1 amide bonds. The van der Waals surface area contributed by atoms with Gasteiger partial charge < -0.3 is 14.9 Å².